The maximum absolute atomic E-state index is 11.8. The minimum absolute atomic E-state index is 0.0134. The molecule has 0 aromatic heterocycles. The zero-order valence-corrected chi connectivity index (χ0v) is 13.3. The molecule has 0 saturated carbocycles. The van der Waals surface area contributed by atoms with E-state index in [-0.39, 0.29) is 11.9 Å². The van der Waals surface area contributed by atoms with Gasteiger partial charge in [0.25, 0.3) is 0 Å². The van der Waals surface area contributed by atoms with Crippen molar-refractivity contribution in [2.75, 3.05) is 0 Å². The Morgan fingerprint density at radius 1 is 1.10 bits per heavy atom. The second kappa shape index (κ2) is 7.44. The van der Waals surface area contributed by atoms with Gasteiger partial charge in [-0.05, 0) is 36.3 Å². The highest BCUT2D eigenvalue weighted by molar-refractivity contribution is 5.81. The molecule has 0 aliphatic heterocycles. The molecule has 20 heavy (non-hydrogen) atoms. The number of nitrogens with one attached hydrogen (secondary N) is 1. The molecule has 2 unspecified atom stereocenters. The third kappa shape index (κ3) is 4.34. The maximum atomic E-state index is 11.8. The van der Waals surface area contributed by atoms with E-state index in [9.17, 15) is 4.79 Å². The van der Waals surface area contributed by atoms with Crippen LogP contribution in [-0.2, 0) is 4.79 Å². The zero-order valence-electron chi connectivity index (χ0n) is 13.3. The predicted octanol–water partition coefficient (Wildman–Crippen LogP) is 3.36. The van der Waals surface area contributed by atoms with Gasteiger partial charge < -0.3 is 11.1 Å². The van der Waals surface area contributed by atoms with Gasteiger partial charge in [0.2, 0.25) is 5.91 Å². The third-order valence-corrected chi connectivity index (χ3v) is 3.85. The van der Waals surface area contributed by atoms with Crippen molar-refractivity contribution in [1.82, 2.24) is 5.32 Å². The van der Waals surface area contributed by atoms with Crippen molar-refractivity contribution in [3.63, 3.8) is 0 Å². The molecule has 1 rings (SSSR count). The number of carbonyl (C=O) groups excluding carboxylic acids is 1. The minimum Gasteiger partial charge on any atom is -0.348 e. The second-order valence-corrected chi connectivity index (χ2v) is 5.99. The normalized spacial score (nSPS) is 15.8. The van der Waals surface area contributed by atoms with Gasteiger partial charge in [-0.3, -0.25) is 4.79 Å². The van der Waals surface area contributed by atoms with Gasteiger partial charge >= 0.3 is 0 Å². The van der Waals surface area contributed by atoms with E-state index in [1.54, 1.807) is 6.92 Å². The van der Waals surface area contributed by atoms with Crippen molar-refractivity contribution in [3.8, 4) is 0 Å². The van der Waals surface area contributed by atoms with Crippen molar-refractivity contribution in [3.05, 3.63) is 35.4 Å². The molecule has 0 fully saturated rings. The number of hydrogen-bond acceptors (Lipinski definition) is 2. The largest absolute Gasteiger partial charge is 0.348 e. The summed E-state index contributed by atoms with van der Waals surface area (Å²) in [6.45, 7) is 10.3. The topological polar surface area (TPSA) is 55.1 Å². The van der Waals surface area contributed by atoms with Gasteiger partial charge in [0.1, 0.15) is 0 Å². The Hall–Kier alpha value is -1.35. The molecule has 3 nitrogen and oxygen atoms in total. The van der Waals surface area contributed by atoms with E-state index in [0.717, 1.165) is 12.0 Å². The Morgan fingerprint density at radius 3 is 2.00 bits per heavy atom. The SMILES string of the molecule is CCC(C)c1ccc(C(NC(=O)[C@@H](C)N)C(C)C)cc1. The Kier molecular flexibility index (Phi) is 6.21. The van der Waals surface area contributed by atoms with Crippen LogP contribution in [0.5, 0.6) is 0 Å². The van der Waals surface area contributed by atoms with Crippen molar-refractivity contribution >= 4 is 5.91 Å². The van der Waals surface area contributed by atoms with Crippen LogP contribution < -0.4 is 11.1 Å². The van der Waals surface area contributed by atoms with Crippen LogP contribution in [-0.4, -0.2) is 11.9 Å². The van der Waals surface area contributed by atoms with Gasteiger partial charge in [0.05, 0.1) is 12.1 Å². The molecule has 0 radical (unpaired) electrons. The summed E-state index contributed by atoms with van der Waals surface area (Å²) < 4.78 is 0. The lowest BCUT2D eigenvalue weighted by atomic mass is 9.92. The van der Waals surface area contributed by atoms with Crippen LogP contribution in [0.15, 0.2) is 24.3 Å². The summed E-state index contributed by atoms with van der Waals surface area (Å²) in [6, 6.07) is 8.10. The summed E-state index contributed by atoms with van der Waals surface area (Å²) >= 11 is 0. The zero-order chi connectivity index (χ0) is 15.3. The van der Waals surface area contributed by atoms with E-state index in [4.69, 9.17) is 5.73 Å². The highest BCUT2D eigenvalue weighted by atomic mass is 16.2. The first kappa shape index (κ1) is 16.7. The van der Waals surface area contributed by atoms with Gasteiger partial charge in [-0.25, -0.2) is 0 Å². The van der Waals surface area contributed by atoms with E-state index in [2.05, 4.69) is 57.3 Å². The quantitative estimate of drug-likeness (QED) is 0.837. The lowest BCUT2D eigenvalue weighted by Crippen LogP contribution is -2.41. The summed E-state index contributed by atoms with van der Waals surface area (Å²) in [5.41, 5.74) is 8.12. The molecular weight excluding hydrogens is 248 g/mol. The summed E-state index contributed by atoms with van der Waals surface area (Å²) in [6.07, 6.45) is 1.13. The van der Waals surface area contributed by atoms with E-state index >= 15 is 0 Å². The predicted molar refractivity (Wildman–Crippen MR) is 84.5 cm³/mol. The molecule has 1 aromatic rings. The molecule has 0 spiro atoms. The highest BCUT2D eigenvalue weighted by Crippen LogP contribution is 2.25. The first-order chi connectivity index (χ1) is 9.36. The lowest BCUT2D eigenvalue weighted by molar-refractivity contribution is -0.123. The molecule has 3 N–H and O–H groups in total. The molecule has 0 heterocycles. The average Bonchev–Trinajstić information content (AvgIpc) is 2.43. The molecule has 3 atom stereocenters. The molecule has 1 aromatic carbocycles. The molecule has 0 bridgehead atoms. The van der Waals surface area contributed by atoms with Crippen LogP contribution in [0.2, 0.25) is 0 Å². The molecule has 1 amide bonds. The summed E-state index contributed by atoms with van der Waals surface area (Å²) in [5, 5.41) is 3.03. The van der Waals surface area contributed by atoms with Crippen LogP contribution in [0.3, 0.4) is 0 Å². The van der Waals surface area contributed by atoms with Crippen molar-refractivity contribution < 1.29 is 4.79 Å². The summed E-state index contributed by atoms with van der Waals surface area (Å²) in [4.78, 5) is 11.8. The van der Waals surface area contributed by atoms with Crippen molar-refractivity contribution in [2.45, 2.75) is 59.0 Å². The average molecular weight is 276 g/mol. The van der Waals surface area contributed by atoms with Gasteiger partial charge in [-0.15, -0.1) is 0 Å². The Labute approximate surface area is 122 Å². The maximum Gasteiger partial charge on any atom is 0.237 e. The smallest absolute Gasteiger partial charge is 0.237 e. The molecule has 0 aliphatic rings. The van der Waals surface area contributed by atoms with Gasteiger partial charge in [-0.2, -0.15) is 0 Å². The monoisotopic (exact) mass is 276 g/mol. The lowest BCUT2D eigenvalue weighted by Gasteiger charge is -2.24. The fourth-order valence-corrected chi connectivity index (χ4v) is 2.19. The molecule has 0 saturated heterocycles. The van der Waals surface area contributed by atoms with E-state index in [0.29, 0.717) is 11.8 Å². The van der Waals surface area contributed by atoms with Gasteiger partial charge in [0, 0.05) is 0 Å². The van der Waals surface area contributed by atoms with E-state index in [1.165, 1.54) is 5.56 Å². The van der Waals surface area contributed by atoms with Gasteiger partial charge in [-0.1, -0.05) is 52.0 Å². The van der Waals surface area contributed by atoms with Crippen LogP contribution in [0, 0.1) is 5.92 Å². The standard InChI is InChI=1S/C17H28N2O/c1-6-12(4)14-7-9-15(10-8-14)16(11(2)3)19-17(20)13(5)18/h7-13,16H,6,18H2,1-5H3,(H,19,20)/t12?,13-,16?/m1/s1. The van der Waals surface area contributed by atoms with Crippen LogP contribution in [0.1, 0.15) is 64.1 Å². The van der Waals surface area contributed by atoms with Crippen LogP contribution in [0.4, 0.5) is 0 Å². The Balaban J connectivity index is 2.90. The Morgan fingerprint density at radius 2 is 1.60 bits per heavy atom. The number of benzene rings is 1. The van der Waals surface area contributed by atoms with Crippen LogP contribution >= 0.6 is 0 Å². The minimum atomic E-state index is -0.476. The highest BCUT2D eigenvalue weighted by Gasteiger charge is 2.20. The number of carbonyl (C=O) groups is 1. The number of amides is 1. The fourth-order valence-electron chi connectivity index (χ4n) is 2.19. The first-order valence-corrected chi connectivity index (χ1v) is 7.52. The summed E-state index contributed by atoms with van der Waals surface area (Å²) in [5.74, 6) is 0.794. The van der Waals surface area contributed by atoms with Crippen LogP contribution in [0.25, 0.3) is 0 Å². The molecule has 112 valence electrons. The van der Waals surface area contributed by atoms with E-state index in [1.807, 2.05) is 0 Å². The summed E-state index contributed by atoms with van der Waals surface area (Å²) in [7, 11) is 0. The third-order valence-electron chi connectivity index (χ3n) is 3.85. The number of rotatable bonds is 6. The van der Waals surface area contributed by atoms with Gasteiger partial charge in [0.15, 0.2) is 0 Å². The fraction of sp³-hybridized carbons (Fsp3) is 0.588. The molecular formula is C17H28N2O. The molecule has 0 aliphatic carbocycles. The number of hydrogen-bond donors (Lipinski definition) is 2. The van der Waals surface area contributed by atoms with E-state index < -0.39 is 6.04 Å². The second-order valence-electron chi connectivity index (χ2n) is 5.99. The molecule has 3 heteroatoms. The van der Waals surface area contributed by atoms with Crippen molar-refractivity contribution in [2.24, 2.45) is 11.7 Å². The Bertz CT molecular complexity index is 423. The first-order valence-electron chi connectivity index (χ1n) is 7.52. The van der Waals surface area contributed by atoms with Crippen molar-refractivity contribution in [1.29, 1.82) is 0 Å². The number of nitrogens with two attached hydrogens (primary N) is 1.